The standard InChI is InChI=1S/C6H9N2O.I/c1-6(9)8-4-3-7(2)5-8;/h3-5H,1-2H3;/q2*+1. The van der Waals surface area contributed by atoms with Crippen molar-refractivity contribution in [3.8, 4) is 0 Å². The first kappa shape index (κ1) is 9.61. The summed E-state index contributed by atoms with van der Waals surface area (Å²) in [5.41, 5.74) is 0. The van der Waals surface area contributed by atoms with E-state index in [1.165, 1.54) is 11.5 Å². The highest BCUT2D eigenvalue weighted by molar-refractivity contribution is 5.62. The monoisotopic (exact) mass is 252 g/mol. The topological polar surface area (TPSA) is 25.9 Å². The van der Waals surface area contributed by atoms with Crippen molar-refractivity contribution in [3.05, 3.63) is 18.7 Å². The summed E-state index contributed by atoms with van der Waals surface area (Å²) in [5, 5.41) is 0. The van der Waals surface area contributed by atoms with Crippen molar-refractivity contribution in [1.29, 1.82) is 0 Å². The summed E-state index contributed by atoms with van der Waals surface area (Å²) in [4.78, 5) is 10.6. The molecule has 1 heterocycles. The molecule has 10 heavy (non-hydrogen) atoms. The maximum atomic E-state index is 10.6. The van der Waals surface area contributed by atoms with E-state index in [2.05, 4.69) is 0 Å². The van der Waals surface area contributed by atoms with Crippen LogP contribution < -0.4 is 28.5 Å². The number of halogens is 1. The summed E-state index contributed by atoms with van der Waals surface area (Å²) in [6.45, 7) is 1.53. The maximum Gasteiger partial charge on any atom is 1.00 e. The number of rotatable bonds is 0. The van der Waals surface area contributed by atoms with Crippen molar-refractivity contribution >= 4 is 5.91 Å². The molecule has 54 valence electrons. The molecule has 0 bridgehead atoms. The van der Waals surface area contributed by atoms with Gasteiger partial charge in [-0.1, -0.05) is 0 Å². The molecule has 1 aromatic rings. The van der Waals surface area contributed by atoms with Gasteiger partial charge in [-0.3, -0.25) is 0 Å². The van der Waals surface area contributed by atoms with Gasteiger partial charge in [0.25, 0.3) is 6.33 Å². The molecule has 0 spiro atoms. The van der Waals surface area contributed by atoms with Crippen molar-refractivity contribution in [2.75, 3.05) is 0 Å². The first-order chi connectivity index (χ1) is 4.20. The molecule has 3 nitrogen and oxygen atoms in total. The van der Waals surface area contributed by atoms with Crippen LogP contribution in [0.2, 0.25) is 0 Å². The molecule has 0 atom stereocenters. The van der Waals surface area contributed by atoms with E-state index in [9.17, 15) is 4.79 Å². The molecule has 0 aromatic carbocycles. The average molecular weight is 252 g/mol. The van der Waals surface area contributed by atoms with Gasteiger partial charge in [-0.2, -0.15) is 4.57 Å². The van der Waals surface area contributed by atoms with Gasteiger partial charge in [0, 0.05) is 6.92 Å². The molecule has 0 aliphatic heterocycles. The zero-order valence-corrected chi connectivity index (χ0v) is 8.07. The number of imidazole rings is 1. The van der Waals surface area contributed by atoms with Gasteiger partial charge in [0.1, 0.15) is 12.4 Å². The van der Waals surface area contributed by atoms with E-state index in [1.54, 1.807) is 12.5 Å². The van der Waals surface area contributed by atoms with Crippen LogP contribution in [0.1, 0.15) is 11.7 Å². The van der Waals surface area contributed by atoms with Gasteiger partial charge in [0.15, 0.2) is 0 Å². The lowest BCUT2D eigenvalue weighted by Crippen LogP contribution is -3.00. The number of aryl methyl sites for hydroxylation is 1. The van der Waals surface area contributed by atoms with Crippen LogP contribution in [0.3, 0.4) is 0 Å². The van der Waals surface area contributed by atoms with Crippen LogP contribution in [0, 0.1) is 0 Å². The van der Waals surface area contributed by atoms with Crippen molar-refractivity contribution in [2.45, 2.75) is 6.92 Å². The summed E-state index contributed by atoms with van der Waals surface area (Å²) in [5.74, 6) is 0.0376. The number of nitrogens with zero attached hydrogens (tertiary/aromatic N) is 2. The average Bonchev–Trinajstić information content (AvgIpc) is 2.14. The fraction of sp³-hybridized carbons (Fsp3) is 0.333. The van der Waals surface area contributed by atoms with Crippen LogP contribution in [0.5, 0.6) is 0 Å². The van der Waals surface area contributed by atoms with Crippen LogP contribution in [0.25, 0.3) is 0 Å². The van der Waals surface area contributed by atoms with Gasteiger partial charge >= 0.3 is 29.9 Å². The molecule has 0 fully saturated rings. The Morgan fingerprint density at radius 3 is 2.40 bits per heavy atom. The molecule has 1 aromatic heterocycles. The fourth-order valence-corrected chi connectivity index (χ4v) is 0.636. The summed E-state index contributed by atoms with van der Waals surface area (Å²) in [6.07, 6.45) is 5.27. The Balaban J connectivity index is 0.000000810. The minimum absolute atomic E-state index is 0. The van der Waals surface area contributed by atoms with Gasteiger partial charge in [-0.15, -0.1) is 0 Å². The molecule has 0 aliphatic carbocycles. The molecule has 4 heteroatoms. The Morgan fingerprint density at radius 1 is 1.60 bits per heavy atom. The second-order valence-electron chi connectivity index (χ2n) is 2.01. The molecule has 0 aliphatic rings. The summed E-state index contributed by atoms with van der Waals surface area (Å²) in [6, 6.07) is 0. The fourth-order valence-electron chi connectivity index (χ4n) is 0.636. The van der Waals surface area contributed by atoms with E-state index in [0.29, 0.717) is 0 Å². The lowest BCUT2D eigenvalue weighted by Gasteiger charge is -1.80. The van der Waals surface area contributed by atoms with Gasteiger partial charge in [-0.05, 0) is 0 Å². The van der Waals surface area contributed by atoms with E-state index in [-0.39, 0.29) is 29.9 Å². The highest BCUT2D eigenvalue weighted by Gasteiger charge is 2.02. The molecule has 2 radical (unpaired) electrons. The van der Waals surface area contributed by atoms with Crippen LogP contribution in [0.4, 0.5) is 0 Å². The Kier molecular flexibility index (Phi) is 3.55. The molecule has 0 saturated heterocycles. The Labute approximate surface area is 76.7 Å². The SMILES string of the molecule is CC(=O)[n+]1ccn(C)c1.[I+]. The van der Waals surface area contributed by atoms with Gasteiger partial charge < -0.3 is 0 Å². The molecule has 0 amide bonds. The predicted octanol–water partition coefficient (Wildman–Crippen LogP) is -3.02. The highest BCUT2D eigenvalue weighted by Crippen LogP contribution is 1.75. The minimum atomic E-state index is 0. The number of hydrogen-bond acceptors (Lipinski definition) is 1. The number of aromatic nitrogens is 2. The normalized spacial score (nSPS) is 8.60. The van der Waals surface area contributed by atoms with Crippen molar-refractivity contribution < 1.29 is 33.3 Å². The summed E-state index contributed by atoms with van der Waals surface area (Å²) in [7, 11) is 1.87. The summed E-state index contributed by atoms with van der Waals surface area (Å²) < 4.78 is 3.35. The van der Waals surface area contributed by atoms with Gasteiger partial charge in [0.05, 0.1) is 7.05 Å². The second-order valence-corrected chi connectivity index (χ2v) is 2.01. The number of carbonyl (C=O) groups excluding carboxylic acids is 1. The van der Waals surface area contributed by atoms with Gasteiger partial charge in [-0.25, -0.2) is 9.36 Å². The zero-order chi connectivity index (χ0) is 6.85. The van der Waals surface area contributed by atoms with E-state index >= 15 is 0 Å². The van der Waals surface area contributed by atoms with Crippen molar-refractivity contribution in [1.82, 2.24) is 4.57 Å². The quantitative estimate of drug-likeness (QED) is 0.356. The van der Waals surface area contributed by atoms with Crippen LogP contribution >= 0.6 is 0 Å². The third kappa shape index (κ3) is 2.09. The lowest BCUT2D eigenvalue weighted by molar-refractivity contribution is -0.572. The van der Waals surface area contributed by atoms with Gasteiger partial charge in [0.2, 0.25) is 0 Å². The number of hydrogen-bond donors (Lipinski definition) is 0. The second kappa shape index (κ2) is 3.70. The highest BCUT2D eigenvalue weighted by atomic mass is 127. The predicted molar refractivity (Wildman–Crippen MR) is 31.9 cm³/mol. The first-order valence-electron chi connectivity index (χ1n) is 2.74. The molecule has 1 rings (SSSR count). The smallest absolute Gasteiger partial charge is 0.247 e. The number of carbonyl (C=O) groups is 1. The molecular weight excluding hydrogens is 243 g/mol. The Hall–Kier alpha value is -0.390. The minimum Gasteiger partial charge on any atom is -0.247 e. The third-order valence-electron chi connectivity index (χ3n) is 1.13. The van der Waals surface area contributed by atoms with E-state index in [1.807, 2.05) is 17.8 Å². The van der Waals surface area contributed by atoms with Crippen LogP contribution in [-0.4, -0.2) is 10.5 Å². The van der Waals surface area contributed by atoms with E-state index in [4.69, 9.17) is 0 Å². The molecule has 0 N–H and O–H groups in total. The molecule has 0 saturated carbocycles. The van der Waals surface area contributed by atoms with Crippen LogP contribution in [-0.2, 0) is 7.05 Å². The van der Waals surface area contributed by atoms with E-state index < -0.39 is 0 Å². The molecule has 0 unspecified atom stereocenters. The Morgan fingerprint density at radius 2 is 2.20 bits per heavy atom. The maximum absolute atomic E-state index is 10.6. The van der Waals surface area contributed by atoms with Crippen molar-refractivity contribution in [3.63, 3.8) is 0 Å². The first-order valence-corrected chi connectivity index (χ1v) is 2.74. The Bertz CT molecular complexity index is 231. The van der Waals surface area contributed by atoms with E-state index in [0.717, 1.165) is 0 Å². The zero-order valence-electron chi connectivity index (χ0n) is 5.91. The van der Waals surface area contributed by atoms with Crippen LogP contribution in [0.15, 0.2) is 18.7 Å². The largest absolute Gasteiger partial charge is 1.00 e. The third-order valence-corrected chi connectivity index (χ3v) is 1.13. The summed E-state index contributed by atoms with van der Waals surface area (Å²) >= 11 is 0. The molecular formula is C6H9IN2O+2. The lowest BCUT2D eigenvalue weighted by atomic mass is 10.7. The van der Waals surface area contributed by atoms with Crippen molar-refractivity contribution in [2.24, 2.45) is 7.05 Å².